The molecule has 0 radical (unpaired) electrons. The van der Waals surface area contributed by atoms with Crippen LogP contribution in [0.5, 0.6) is 0 Å². The van der Waals surface area contributed by atoms with E-state index in [4.69, 9.17) is 23.2 Å². The average Bonchev–Trinajstić information content (AvgIpc) is 2.42. The van der Waals surface area contributed by atoms with Crippen molar-refractivity contribution in [2.24, 2.45) is 0 Å². The summed E-state index contributed by atoms with van der Waals surface area (Å²) in [7, 11) is 0. The predicted molar refractivity (Wildman–Crippen MR) is 79.4 cm³/mol. The minimum atomic E-state index is 0.527. The molecule has 0 saturated heterocycles. The summed E-state index contributed by atoms with van der Waals surface area (Å²) in [5.41, 5.74) is 3.71. The fourth-order valence-corrected chi connectivity index (χ4v) is 2.71. The van der Waals surface area contributed by atoms with Gasteiger partial charge in [-0.1, -0.05) is 35.3 Å². The van der Waals surface area contributed by atoms with Gasteiger partial charge >= 0.3 is 0 Å². The van der Waals surface area contributed by atoms with Crippen molar-refractivity contribution >= 4 is 34.7 Å². The number of benzene rings is 1. The Morgan fingerprint density at radius 2 is 2.16 bits per heavy atom. The molecule has 5 heteroatoms. The molecule has 2 N–H and O–H groups in total. The molecule has 0 saturated carbocycles. The van der Waals surface area contributed by atoms with Crippen LogP contribution in [-0.2, 0) is 13.0 Å². The average molecular weight is 294 g/mol. The van der Waals surface area contributed by atoms with E-state index in [9.17, 15) is 0 Å². The number of hydrogen-bond donors (Lipinski definition) is 2. The van der Waals surface area contributed by atoms with E-state index < -0.39 is 0 Å². The maximum atomic E-state index is 6.14. The molecule has 2 aromatic rings. The second-order valence-electron chi connectivity index (χ2n) is 4.48. The molecule has 3 rings (SSSR count). The van der Waals surface area contributed by atoms with Crippen molar-refractivity contribution in [3.63, 3.8) is 0 Å². The van der Waals surface area contributed by atoms with Gasteiger partial charge in [0.25, 0.3) is 0 Å². The molecular formula is C14H13Cl2N3. The molecule has 1 aromatic heterocycles. The molecule has 0 bridgehead atoms. The lowest BCUT2D eigenvalue weighted by Gasteiger charge is -2.21. The van der Waals surface area contributed by atoms with E-state index in [1.54, 1.807) is 12.3 Å². The molecule has 0 amide bonds. The zero-order valence-electron chi connectivity index (χ0n) is 10.2. The van der Waals surface area contributed by atoms with Crippen molar-refractivity contribution in [1.82, 2.24) is 10.3 Å². The van der Waals surface area contributed by atoms with Crippen LogP contribution < -0.4 is 10.6 Å². The van der Waals surface area contributed by atoms with Gasteiger partial charge in [0.2, 0.25) is 0 Å². The van der Waals surface area contributed by atoms with Crippen LogP contribution in [0, 0.1) is 0 Å². The predicted octanol–water partition coefficient (Wildman–Crippen LogP) is 3.78. The topological polar surface area (TPSA) is 37.0 Å². The molecule has 3 nitrogen and oxygen atoms in total. The lowest BCUT2D eigenvalue weighted by molar-refractivity contribution is 0.645. The highest BCUT2D eigenvalue weighted by molar-refractivity contribution is 6.36. The van der Waals surface area contributed by atoms with Gasteiger partial charge in [0.1, 0.15) is 5.82 Å². The molecule has 0 atom stereocenters. The lowest BCUT2D eigenvalue weighted by Crippen LogP contribution is -2.24. The van der Waals surface area contributed by atoms with Crippen molar-refractivity contribution in [2.75, 3.05) is 11.9 Å². The molecule has 19 heavy (non-hydrogen) atoms. The van der Waals surface area contributed by atoms with E-state index in [0.717, 1.165) is 25.2 Å². The minimum absolute atomic E-state index is 0.527. The molecule has 1 aliphatic heterocycles. The maximum Gasteiger partial charge on any atom is 0.149 e. The Balaban J connectivity index is 1.95. The SMILES string of the molecule is Clc1cnc(Nc2cccc3c2CCNC3)c(Cl)c1. The fraction of sp³-hybridized carbons (Fsp3) is 0.214. The number of nitrogens with one attached hydrogen (secondary N) is 2. The van der Waals surface area contributed by atoms with Gasteiger partial charge in [-0.3, -0.25) is 0 Å². The summed E-state index contributed by atoms with van der Waals surface area (Å²) < 4.78 is 0. The Hall–Kier alpha value is -1.29. The third-order valence-corrected chi connectivity index (χ3v) is 3.70. The van der Waals surface area contributed by atoms with Gasteiger partial charge in [-0.2, -0.15) is 0 Å². The van der Waals surface area contributed by atoms with Crippen LogP contribution in [0.4, 0.5) is 11.5 Å². The highest BCUT2D eigenvalue weighted by atomic mass is 35.5. The molecule has 0 fully saturated rings. The van der Waals surface area contributed by atoms with E-state index >= 15 is 0 Å². The molecule has 98 valence electrons. The zero-order valence-corrected chi connectivity index (χ0v) is 11.7. The molecule has 1 aromatic carbocycles. The van der Waals surface area contributed by atoms with E-state index in [1.807, 2.05) is 6.07 Å². The standard InChI is InChI=1S/C14H13Cl2N3/c15-10-6-12(16)14(18-8-10)19-13-3-1-2-9-7-17-5-4-11(9)13/h1-3,6,8,17H,4-5,7H2,(H,18,19). The highest BCUT2D eigenvalue weighted by Gasteiger charge is 2.13. The summed E-state index contributed by atoms with van der Waals surface area (Å²) in [5.74, 6) is 0.637. The zero-order chi connectivity index (χ0) is 13.2. The number of rotatable bonds is 2. The largest absolute Gasteiger partial charge is 0.339 e. The monoisotopic (exact) mass is 293 g/mol. The Labute approximate surface area is 122 Å². The number of nitrogens with zero attached hydrogens (tertiary/aromatic N) is 1. The van der Waals surface area contributed by atoms with Crippen molar-refractivity contribution in [2.45, 2.75) is 13.0 Å². The highest BCUT2D eigenvalue weighted by Crippen LogP contribution is 2.29. The Bertz CT molecular complexity index is 614. The number of aromatic nitrogens is 1. The lowest BCUT2D eigenvalue weighted by atomic mass is 9.99. The summed E-state index contributed by atoms with van der Waals surface area (Å²) in [6.07, 6.45) is 2.59. The maximum absolute atomic E-state index is 6.14. The van der Waals surface area contributed by atoms with Crippen molar-refractivity contribution in [3.05, 3.63) is 51.6 Å². The first-order chi connectivity index (χ1) is 9.24. The first-order valence-electron chi connectivity index (χ1n) is 6.13. The second-order valence-corrected chi connectivity index (χ2v) is 5.32. The Morgan fingerprint density at radius 3 is 3.00 bits per heavy atom. The summed E-state index contributed by atoms with van der Waals surface area (Å²) in [5, 5.41) is 7.73. The van der Waals surface area contributed by atoms with E-state index in [0.29, 0.717) is 15.9 Å². The molecular weight excluding hydrogens is 281 g/mol. The minimum Gasteiger partial charge on any atom is -0.339 e. The van der Waals surface area contributed by atoms with Crippen LogP contribution in [-0.4, -0.2) is 11.5 Å². The summed E-state index contributed by atoms with van der Waals surface area (Å²) in [6, 6.07) is 7.92. The summed E-state index contributed by atoms with van der Waals surface area (Å²) >= 11 is 12.0. The van der Waals surface area contributed by atoms with Gasteiger partial charge in [-0.15, -0.1) is 0 Å². The first-order valence-corrected chi connectivity index (χ1v) is 6.89. The fourth-order valence-electron chi connectivity index (χ4n) is 2.28. The van der Waals surface area contributed by atoms with E-state index in [-0.39, 0.29) is 0 Å². The summed E-state index contributed by atoms with van der Waals surface area (Å²) in [6.45, 7) is 1.90. The first kappa shape index (κ1) is 12.7. The van der Waals surface area contributed by atoms with Crippen LogP contribution in [0.3, 0.4) is 0 Å². The van der Waals surface area contributed by atoms with Crippen molar-refractivity contribution in [1.29, 1.82) is 0 Å². The van der Waals surface area contributed by atoms with Crippen LogP contribution in [0.1, 0.15) is 11.1 Å². The van der Waals surface area contributed by atoms with Gasteiger partial charge in [0.05, 0.1) is 10.0 Å². The van der Waals surface area contributed by atoms with Crippen LogP contribution in [0.2, 0.25) is 10.0 Å². The molecule has 0 unspecified atom stereocenters. The van der Waals surface area contributed by atoms with Crippen LogP contribution in [0.25, 0.3) is 0 Å². The van der Waals surface area contributed by atoms with E-state index in [2.05, 4.69) is 27.8 Å². The number of anilines is 2. The number of pyridine rings is 1. The van der Waals surface area contributed by atoms with Crippen LogP contribution >= 0.6 is 23.2 Å². The smallest absolute Gasteiger partial charge is 0.149 e. The van der Waals surface area contributed by atoms with Crippen molar-refractivity contribution in [3.8, 4) is 0 Å². The van der Waals surface area contributed by atoms with Gasteiger partial charge in [-0.05, 0) is 36.2 Å². The molecule has 0 spiro atoms. The van der Waals surface area contributed by atoms with Gasteiger partial charge in [-0.25, -0.2) is 4.98 Å². The Morgan fingerprint density at radius 1 is 1.26 bits per heavy atom. The molecule has 1 aliphatic rings. The van der Waals surface area contributed by atoms with Crippen LogP contribution in [0.15, 0.2) is 30.5 Å². The Kier molecular flexibility index (Phi) is 3.60. The quantitative estimate of drug-likeness (QED) is 0.885. The third-order valence-electron chi connectivity index (χ3n) is 3.20. The number of fused-ring (bicyclic) bond motifs is 1. The van der Waals surface area contributed by atoms with Gasteiger partial charge < -0.3 is 10.6 Å². The molecule has 2 heterocycles. The number of hydrogen-bond acceptors (Lipinski definition) is 3. The van der Waals surface area contributed by atoms with Gasteiger partial charge in [0, 0.05) is 18.4 Å². The van der Waals surface area contributed by atoms with Crippen molar-refractivity contribution < 1.29 is 0 Å². The normalized spacial score (nSPS) is 14.0. The van der Waals surface area contributed by atoms with Gasteiger partial charge in [0.15, 0.2) is 0 Å². The molecule has 0 aliphatic carbocycles. The second kappa shape index (κ2) is 5.37. The number of halogens is 2. The summed E-state index contributed by atoms with van der Waals surface area (Å²) in [4.78, 5) is 4.23. The van der Waals surface area contributed by atoms with E-state index in [1.165, 1.54) is 11.1 Å². The third kappa shape index (κ3) is 2.68.